The second kappa shape index (κ2) is 8.52. The van der Waals surface area contributed by atoms with Crippen molar-refractivity contribution in [2.75, 3.05) is 6.61 Å². The molecule has 1 aliphatic heterocycles. The lowest BCUT2D eigenvalue weighted by Gasteiger charge is -2.45. The number of aliphatic carboxylic acids is 1. The zero-order valence-electron chi connectivity index (χ0n) is 15.5. The normalized spacial score (nSPS) is 21.0. The van der Waals surface area contributed by atoms with Crippen molar-refractivity contribution in [3.05, 3.63) is 69.7 Å². The van der Waals surface area contributed by atoms with Gasteiger partial charge in [0.25, 0.3) is 0 Å². The van der Waals surface area contributed by atoms with Crippen LogP contribution in [-0.2, 0) is 14.3 Å². The molecule has 3 atom stereocenters. The minimum absolute atomic E-state index is 0.187. The van der Waals surface area contributed by atoms with Crippen LogP contribution in [-0.4, -0.2) is 34.5 Å². The molecule has 1 amide bonds. The van der Waals surface area contributed by atoms with Gasteiger partial charge in [0.1, 0.15) is 18.8 Å². The summed E-state index contributed by atoms with van der Waals surface area (Å²) in [5, 5.41) is 11.0. The number of morpholine rings is 1. The van der Waals surface area contributed by atoms with E-state index in [0.29, 0.717) is 10.0 Å². The average Bonchev–Trinajstić information content (AvgIpc) is 2.64. The van der Waals surface area contributed by atoms with Gasteiger partial charge in [0.15, 0.2) is 0 Å². The minimum atomic E-state index is -1.04. The summed E-state index contributed by atoms with van der Waals surface area (Å²) in [4.78, 5) is 26.3. The Morgan fingerprint density at radius 3 is 2.00 bits per heavy atom. The van der Waals surface area contributed by atoms with Gasteiger partial charge in [0, 0.05) is 10.0 Å². The summed E-state index contributed by atoms with van der Waals surface area (Å²) in [6, 6.07) is 12.6. The van der Waals surface area contributed by atoms with Crippen molar-refractivity contribution in [3.8, 4) is 0 Å². The molecule has 28 heavy (non-hydrogen) atoms. The molecule has 1 saturated heterocycles. The Kier molecular flexibility index (Phi) is 6.28. The Labute approximate surface area is 173 Å². The predicted octanol–water partition coefficient (Wildman–Crippen LogP) is 4.74. The third-order valence-corrected chi connectivity index (χ3v) is 5.36. The maximum Gasteiger partial charge on any atom is 0.326 e. The summed E-state index contributed by atoms with van der Waals surface area (Å²) < 4.78 is 5.89. The molecule has 0 aliphatic carbocycles. The van der Waals surface area contributed by atoms with Gasteiger partial charge in [0.2, 0.25) is 5.91 Å². The maximum absolute atomic E-state index is 12.8. The van der Waals surface area contributed by atoms with Crippen LogP contribution in [0.5, 0.6) is 0 Å². The fraction of sp³-hybridized carbons (Fsp3) is 0.333. The monoisotopic (exact) mass is 421 g/mol. The van der Waals surface area contributed by atoms with Crippen molar-refractivity contribution in [1.29, 1.82) is 0 Å². The molecular weight excluding hydrogens is 401 g/mol. The van der Waals surface area contributed by atoms with Crippen LogP contribution in [0.3, 0.4) is 0 Å². The molecule has 1 heterocycles. The first-order chi connectivity index (χ1) is 13.3. The van der Waals surface area contributed by atoms with Crippen LogP contribution in [0, 0.1) is 5.92 Å². The van der Waals surface area contributed by atoms with Crippen LogP contribution in [0.1, 0.15) is 37.1 Å². The van der Waals surface area contributed by atoms with Gasteiger partial charge in [-0.15, -0.1) is 0 Å². The van der Waals surface area contributed by atoms with Crippen LogP contribution >= 0.6 is 23.2 Å². The summed E-state index contributed by atoms with van der Waals surface area (Å²) in [7, 11) is 0. The summed E-state index contributed by atoms with van der Waals surface area (Å²) >= 11 is 12.0. The summed E-state index contributed by atoms with van der Waals surface area (Å²) in [6.07, 6.45) is -0.531. The van der Waals surface area contributed by atoms with E-state index < -0.39 is 24.2 Å². The molecule has 0 aromatic heterocycles. The van der Waals surface area contributed by atoms with Crippen LogP contribution in [0.4, 0.5) is 0 Å². The second-order valence-corrected chi connectivity index (χ2v) is 7.98. The average molecular weight is 422 g/mol. The number of amides is 1. The lowest BCUT2D eigenvalue weighted by atomic mass is 9.89. The van der Waals surface area contributed by atoms with E-state index in [2.05, 4.69) is 0 Å². The first-order valence-electron chi connectivity index (χ1n) is 8.96. The Bertz CT molecular complexity index is 852. The quantitative estimate of drug-likeness (QED) is 0.756. The molecule has 0 saturated carbocycles. The van der Waals surface area contributed by atoms with Crippen LogP contribution in [0.25, 0.3) is 0 Å². The van der Waals surface area contributed by atoms with Crippen molar-refractivity contribution in [2.45, 2.75) is 32.0 Å². The molecule has 0 unspecified atom stereocenters. The van der Waals surface area contributed by atoms with Gasteiger partial charge in [-0.2, -0.15) is 0 Å². The van der Waals surface area contributed by atoms with Crippen LogP contribution < -0.4 is 0 Å². The highest BCUT2D eigenvalue weighted by Gasteiger charge is 2.45. The van der Waals surface area contributed by atoms with E-state index >= 15 is 0 Å². The largest absolute Gasteiger partial charge is 0.480 e. The van der Waals surface area contributed by atoms with Gasteiger partial charge >= 0.3 is 5.97 Å². The van der Waals surface area contributed by atoms with E-state index in [1.54, 1.807) is 50.2 Å². The number of hydrogen-bond acceptors (Lipinski definition) is 3. The van der Waals surface area contributed by atoms with Crippen molar-refractivity contribution >= 4 is 35.1 Å². The molecule has 3 rings (SSSR count). The van der Waals surface area contributed by atoms with Gasteiger partial charge in [-0.25, -0.2) is 4.79 Å². The van der Waals surface area contributed by atoms with Gasteiger partial charge in [-0.1, -0.05) is 61.3 Å². The minimum Gasteiger partial charge on any atom is -0.480 e. The summed E-state index contributed by atoms with van der Waals surface area (Å²) in [6.45, 7) is 3.39. The van der Waals surface area contributed by atoms with Crippen molar-refractivity contribution in [1.82, 2.24) is 4.90 Å². The molecule has 0 radical (unpaired) electrons. The fourth-order valence-corrected chi connectivity index (χ4v) is 3.86. The van der Waals surface area contributed by atoms with E-state index in [4.69, 9.17) is 27.9 Å². The summed E-state index contributed by atoms with van der Waals surface area (Å²) in [5.41, 5.74) is 1.57. The fourth-order valence-electron chi connectivity index (χ4n) is 3.61. The number of rotatable bonds is 5. The molecule has 0 bridgehead atoms. The molecule has 7 heteroatoms. The number of carboxylic acid groups (broad SMARTS) is 1. The standard InChI is InChI=1S/C21H21Cl2NO4/c1-12(2)18(21(26)27)24-17(25)11-28-20(14-5-9-16(23)10-6-14)19(24)13-3-7-15(22)8-4-13/h3-10,12,18-20H,11H2,1-2H3,(H,26,27)/t18-,19-,20+/m0/s1. The first kappa shape index (κ1) is 20.6. The zero-order chi connectivity index (χ0) is 20.4. The molecule has 148 valence electrons. The molecule has 5 nitrogen and oxygen atoms in total. The third-order valence-electron chi connectivity index (χ3n) is 4.86. The Hall–Kier alpha value is -2.08. The Morgan fingerprint density at radius 2 is 1.54 bits per heavy atom. The van der Waals surface area contributed by atoms with Gasteiger partial charge in [-0.3, -0.25) is 4.79 Å². The first-order valence-corrected chi connectivity index (χ1v) is 9.71. The number of carbonyl (C=O) groups excluding carboxylic acids is 1. The van der Waals surface area contributed by atoms with E-state index in [1.165, 1.54) is 4.90 Å². The third kappa shape index (κ3) is 4.17. The highest BCUT2D eigenvalue weighted by molar-refractivity contribution is 6.30. The number of ether oxygens (including phenoxy) is 1. The topological polar surface area (TPSA) is 66.8 Å². The van der Waals surface area contributed by atoms with Crippen LogP contribution in [0.2, 0.25) is 10.0 Å². The van der Waals surface area contributed by atoms with Gasteiger partial charge < -0.3 is 14.7 Å². The van der Waals surface area contributed by atoms with Crippen molar-refractivity contribution < 1.29 is 19.4 Å². The Morgan fingerprint density at radius 1 is 1.04 bits per heavy atom. The molecule has 2 aromatic carbocycles. The molecule has 2 aromatic rings. The zero-order valence-corrected chi connectivity index (χ0v) is 17.0. The SMILES string of the molecule is CC(C)[C@@H](C(=O)O)N1C(=O)CO[C@H](c2ccc(Cl)cc2)[C@@H]1c1ccc(Cl)cc1. The highest BCUT2D eigenvalue weighted by Crippen LogP contribution is 2.42. The van der Waals surface area contributed by atoms with Crippen LogP contribution in [0.15, 0.2) is 48.5 Å². The van der Waals surface area contributed by atoms with E-state index in [-0.39, 0.29) is 18.4 Å². The lowest BCUT2D eigenvalue weighted by molar-refractivity contribution is -0.173. The molecule has 1 aliphatic rings. The molecule has 1 fully saturated rings. The Balaban J connectivity index is 2.14. The van der Waals surface area contributed by atoms with E-state index in [0.717, 1.165) is 11.1 Å². The van der Waals surface area contributed by atoms with E-state index in [9.17, 15) is 14.7 Å². The second-order valence-electron chi connectivity index (χ2n) is 7.11. The predicted molar refractivity (Wildman–Crippen MR) is 107 cm³/mol. The van der Waals surface area contributed by atoms with Crippen molar-refractivity contribution in [2.24, 2.45) is 5.92 Å². The van der Waals surface area contributed by atoms with E-state index in [1.807, 2.05) is 12.1 Å². The van der Waals surface area contributed by atoms with Gasteiger partial charge in [0.05, 0.1) is 6.04 Å². The number of benzene rings is 2. The maximum atomic E-state index is 12.8. The van der Waals surface area contributed by atoms with Crippen molar-refractivity contribution in [3.63, 3.8) is 0 Å². The number of hydrogen-bond donors (Lipinski definition) is 1. The number of carboxylic acids is 1. The molecule has 0 spiro atoms. The number of halogens is 2. The number of nitrogens with zero attached hydrogens (tertiary/aromatic N) is 1. The molecular formula is C21H21Cl2NO4. The number of carbonyl (C=O) groups is 2. The lowest BCUT2D eigenvalue weighted by Crippen LogP contribution is -2.55. The summed E-state index contributed by atoms with van der Waals surface area (Å²) in [5.74, 6) is -1.68. The molecule has 1 N–H and O–H groups in total. The highest BCUT2D eigenvalue weighted by atomic mass is 35.5. The smallest absolute Gasteiger partial charge is 0.326 e. The van der Waals surface area contributed by atoms with Gasteiger partial charge in [-0.05, 0) is 41.3 Å².